The Labute approximate surface area is 261 Å². The molecule has 234 valence electrons. The van der Waals surface area contributed by atoms with Gasteiger partial charge in [0.05, 0.1) is 31.7 Å². The summed E-state index contributed by atoms with van der Waals surface area (Å²) in [6.45, 7) is 3.85. The van der Waals surface area contributed by atoms with Gasteiger partial charge in [0.2, 0.25) is 12.7 Å². The van der Waals surface area contributed by atoms with Crippen LogP contribution in [0.3, 0.4) is 0 Å². The maximum atomic E-state index is 13.3. The van der Waals surface area contributed by atoms with E-state index in [0.29, 0.717) is 46.8 Å². The summed E-state index contributed by atoms with van der Waals surface area (Å²) in [6.07, 6.45) is 1.04. The van der Waals surface area contributed by atoms with Gasteiger partial charge in [-0.25, -0.2) is 0 Å². The highest BCUT2D eigenvalue weighted by atomic mass is 16.7. The summed E-state index contributed by atoms with van der Waals surface area (Å²) in [5.74, 6) is 1.52. The number of piperazine rings is 1. The number of phenols is 3. The molecule has 0 aromatic heterocycles. The molecule has 1 amide bonds. The van der Waals surface area contributed by atoms with Gasteiger partial charge in [-0.3, -0.25) is 14.6 Å². The van der Waals surface area contributed by atoms with Crippen LogP contribution in [0.2, 0.25) is 0 Å². The first-order chi connectivity index (χ1) is 21.6. The van der Waals surface area contributed by atoms with Gasteiger partial charge in [-0.2, -0.15) is 5.26 Å². The number of methoxy groups -OCH3 is 1. The molecule has 0 aliphatic carbocycles. The van der Waals surface area contributed by atoms with Crippen molar-refractivity contribution in [2.75, 3.05) is 27.5 Å². The van der Waals surface area contributed by atoms with Crippen LogP contribution >= 0.6 is 0 Å². The number of ether oxygens (including phenoxy) is 3. The van der Waals surface area contributed by atoms with Gasteiger partial charge in [0.15, 0.2) is 23.0 Å². The Morgan fingerprint density at radius 1 is 1.07 bits per heavy atom. The number of nitrogens with one attached hydrogen (secondary N) is 1. The molecule has 0 spiro atoms. The number of carbonyl (C=O) groups is 1. The Bertz CT molecular complexity index is 1750. The maximum Gasteiger partial charge on any atom is 0.231 e. The van der Waals surface area contributed by atoms with E-state index in [2.05, 4.69) is 21.2 Å². The zero-order valence-corrected chi connectivity index (χ0v) is 25.6. The highest BCUT2D eigenvalue weighted by Gasteiger charge is 2.56. The maximum absolute atomic E-state index is 13.3. The number of nitrogens with zero attached hydrogens (tertiary/aromatic N) is 3. The zero-order valence-electron chi connectivity index (χ0n) is 25.6. The highest BCUT2D eigenvalue weighted by molar-refractivity contribution is 5.78. The number of likely N-dealkylation sites (N-methyl/N-ethyl adjacent to an activating group) is 1. The summed E-state index contributed by atoms with van der Waals surface area (Å²) in [7, 11) is 3.53. The molecule has 1 fully saturated rings. The van der Waals surface area contributed by atoms with Gasteiger partial charge in [0.25, 0.3) is 0 Å². The van der Waals surface area contributed by atoms with Gasteiger partial charge in [0, 0.05) is 40.9 Å². The molecular formula is C34H36N4O7. The summed E-state index contributed by atoms with van der Waals surface area (Å²) in [5.41, 5.74) is 5.29. The highest BCUT2D eigenvalue weighted by Crippen LogP contribution is 2.58. The van der Waals surface area contributed by atoms with E-state index in [0.717, 1.165) is 22.3 Å². The average Bonchev–Trinajstić information content (AvgIpc) is 3.50. The third-order valence-electron chi connectivity index (χ3n) is 10.1. The van der Waals surface area contributed by atoms with Crippen LogP contribution in [0.15, 0.2) is 30.3 Å². The molecule has 0 radical (unpaired) electrons. The predicted molar refractivity (Wildman–Crippen MR) is 163 cm³/mol. The van der Waals surface area contributed by atoms with Crippen LogP contribution in [-0.4, -0.2) is 76.6 Å². The minimum absolute atomic E-state index is 0.00544. The first-order valence-corrected chi connectivity index (χ1v) is 15.1. The van der Waals surface area contributed by atoms with E-state index in [9.17, 15) is 25.4 Å². The third kappa shape index (κ3) is 4.35. The number of nitriles is 1. The summed E-state index contributed by atoms with van der Waals surface area (Å²) < 4.78 is 17.4. The first-order valence-electron chi connectivity index (χ1n) is 15.1. The molecule has 4 heterocycles. The molecule has 4 aliphatic heterocycles. The SMILES string of the molecule is COc1c(C)cc2c(c1O)C1C3Cc4c(O)c(C)c5c(c4[C@H](CNC(=O)Cc4ccc(O)cc4)N3C(C#N)C(C2)N1C)OCO5. The Morgan fingerprint density at radius 3 is 2.51 bits per heavy atom. The lowest BCUT2D eigenvalue weighted by Crippen LogP contribution is -2.68. The van der Waals surface area contributed by atoms with Crippen molar-refractivity contribution >= 4 is 5.91 Å². The van der Waals surface area contributed by atoms with Crippen LogP contribution < -0.4 is 19.5 Å². The quantitative estimate of drug-likeness (QED) is 0.338. The average molecular weight is 613 g/mol. The third-order valence-corrected chi connectivity index (χ3v) is 10.1. The number of hydrogen-bond acceptors (Lipinski definition) is 10. The molecule has 4 unspecified atom stereocenters. The summed E-state index contributed by atoms with van der Waals surface area (Å²) >= 11 is 0. The van der Waals surface area contributed by atoms with Crippen molar-refractivity contribution < 1.29 is 34.3 Å². The van der Waals surface area contributed by atoms with E-state index in [4.69, 9.17) is 14.2 Å². The Morgan fingerprint density at radius 2 is 1.80 bits per heavy atom. The minimum atomic E-state index is -0.567. The lowest BCUT2D eigenvalue weighted by atomic mass is 9.71. The Hall–Kier alpha value is -4.66. The second-order valence-corrected chi connectivity index (χ2v) is 12.4. The molecule has 45 heavy (non-hydrogen) atoms. The van der Waals surface area contributed by atoms with Crippen LogP contribution in [0.5, 0.6) is 34.5 Å². The molecule has 5 atom stereocenters. The lowest BCUT2D eigenvalue weighted by Gasteiger charge is -2.60. The van der Waals surface area contributed by atoms with Crippen molar-refractivity contribution in [1.82, 2.24) is 15.1 Å². The van der Waals surface area contributed by atoms with Gasteiger partial charge in [-0.1, -0.05) is 18.2 Å². The van der Waals surface area contributed by atoms with Crippen molar-refractivity contribution in [3.05, 3.63) is 69.3 Å². The van der Waals surface area contributed by atoms with E-state index in [1.165, 1.54) is 0 Å². The van der Waals surface area contributed by atoms with Crippen LogP contribution in [0.1, 0.15) is 51.0 Å². The van der Waals surface area contributed by atoms with Crippen molar-refractivity contribution in [2.45, 2.75) is 63.3 Å². The number of amides is 1. The zero-order chi connectivity index (χ0) is 31.7. The van der Waals surface area contributed by atoms with E-state index in [1.807, 2.05) is 20.0 Å². The van der Waals surface area contributed by atoms with Crippen molar-refractivity contribution in [3.8, 4) is 40.6 Å². The predicted octanol–water partition coefficient (Wildman–Crippen LogP) is 3.29. The van der Waals surface area contributed by atoms with Gasteiger partial charge < -0.3 is 34.8 Å². The molecule has 3 aromatic carbocycles. The molecule has 0 saturated carbocycles. The number of rotatable bonds is 5. The van der Waals surface area contributed by atoms with Gasteiger partial charge >= 0.3 is 0 Å². The molecule has 4 N–H and O–H groups in total. The molecule has 4 aliphatic rings. The second kappa shape index (κ2) is 10.8. The standard InChI is InChI=1S/C34H36N4O7/c1-16-9-19-11-22-24(13-35)38-23(29(37(22)3)27(19)31(42)32(16)43-4)12-21-28(34-33(44-15-45-34)17(2)30(21)41)25(38)14-36-26(40)10-18-5-7-20(39)8-6-18/h5-9,22-25,29,39,41-42H,10-12,14-15H2,1-4H3,(H,36,40)/t22?,23?,24?,25-,29?/m0/s1. The van der Waals surface area contributed by atoms with E-state index < -0.39 is 12.1 Å². The lowest BCUT2D eigenvalue weighted by molar-refractivity contribution is -0.121. The number of aryl methyl sites for hydroxylation is 1. The van der Waals surface area contributed by atoms with Gasteiger partial charge in [-0.05, 0) is 62.6 Å². The molecule has 11 heteroatoms. The van der Waals surface area contributed by atoms with Crippen molar-refractivity contribution in [3.63, 3.8) is 0 Å². The smallest absolute Gasteiger partial charge is 0.231 e. The fourth-order valence-electron chi connectivity index (χ4n) is 8.11. The molecule has 11 nitrogen and oxygen atoms in total. The summed E-state index contributed by atoms with van der Waals surface area (Å²) in [4.78, 5) is 17.6. The number of aromatic hydroxyl groups is 3. The summed E-state index contributed by atoms with van der Waals surface area (Å²) in [6, 6.07) is 9.14. The normalized spacial score (nSPS) is 24.6. The van der Waals surface area contributed by atoms with Crippen molar-refractivity contribution in [1.29, 1.82) is 5.26 Å². The summed E-state index contributed by atoms with van der Waals surface area (Å²) in [5, 5.41) is 46.6. The van der Waals surface area contributed by atoms with E-state index >= 15 is 0 Å². The number of phenolic OH excluding ortho intramolecular Hbond substituents is 3. The number of benzene rings is 3. The topological polar surface area (TPSA) is 148 Å². The van der Waals surface area contributed by atoms with E-state index in [1.54, 1.807) is 38.3 Å². The monoisotopic (exact) mass is 612 g/mol. The van der Waals surface area contributed by atoms with Crippen LogP contribution in [0, 0.1) is 25.2 Å². The Kier molecular flexibility index (Phi) is 6.95. The largest absolute Gasteiger partial charge is 0.508 e. The molecule has 2 bridgehead atoms. The molecule has 1 saturated heterocycles. The molecular weight excluding hydrogens is 576 g/mol. The number of fused-ring (bicyclic) bond motifs is 9. The number of carbonyl (C=O) groups excluding carboxylic acids is 1. The van der Waals surface area contributed by atoms with Crippen LogP contribution in [0.25, 0.3) is 0 Å². The second-order valence-electron chi connectivity index (χ2n) is 12.4. The van der Waals surface area contributed by atoms with Crippen LogP contribution in [-0.2, 0) is 24.1 Å². The van der Waals surface area contributed by atoms with Crippen molar-refractivity contribution in [2.24, 2.45) is 0 Å². The molecule has 7 rings (SSSR count). The number of hydrogen-bond donors (Lipinski definition) is 4. The van der Waals surface area contributed by atoms with E-state index in [-0.39, 0.29) is 61.0 Å². The van der Waals surface area contributed by atoms with Gasteiger partial charge in [0.1, 0.15) is 17.5 Å². The molecule has 3 aromatic rings. The van der Waals surface area contributed by atoms with Gasteiger partial charge in [-0.15, -0.1) is 0 Å². The van der Waals surface area contributed by atoms with Crippen LogP contribution in [0.4, 0.5) is 0 Å². The minimum Gasteiger partial charge on any atom is -0.508 e. The Balaban J connectivity index is 1.36. The fourth-order valence-corrected chi connectivity index (χ4v) is 8.11. The first kappa shape index (κ1) is 29.1. The fraction of sp³-hybridized carbons (Fsp3) is 0.412.